The van der Waals surface area contributed by atoms with Crippen LogP contribution in [-0.2, 0) is 11.2 Å². The molecule has 1 saturated heterocycles. The standard InChI is InChI=1S/C17H24N2O/c1-2-12-6-8-13(9-7-12)17-15(18)4-3-5-16(20)19(17)14-10-11-14/h6-9,14-15,17H,2-5,10-11,18H2,1H3. The lowest BCUT2D eigenvalue weighted by molar-refractivity contribution is -0.133. The van der Waals surface area contributed by atoms with Crippen LogP contribution in [0.15, 0.2) is 24.3 Å². The number of benzene rings is 1. The van der Waals surface area contributed by atoms with Crippen LogP contribution in [0.4, 0.5) is 0 Å². The van der Waals surface area contributed by atoms with Gasteiger partial charge in [-0.3, -0.25) is 4.79 Å². The summed E-state index contributed by atoms with van der Waals surface area (Å²) < 4.78 is 0. The van der Waals surface area contributed by atoms with Crippen molar-refractivity contribution >= 4 is 5.91 Å². The first kappa shape index (κ1) is 13.6. The third-order valence-corrected chi connectivity index (χ3v) is 4.59. The third-order valence-electron chi connectivity index (χ3n) is 4.59. The summed E-state index contributed by atoms with van der Waals surface area (Å²) in [4.78, 5) is 14.5. The van der Waals surface area contributed by atoms with E-state index >= 15 is 0 Å². The summed E-state index contributed by atoms with van der Waals surface area (Å²) in [5.41, 5.74) is 8.94. The highest BCUT2D eigenvalue weighted by Crippen LogP contribution is 2.39. The minimum Gasteiger partial charge on any atom is -0.331 e. The van der Waals surface area contributed by atoms with Crippen LogP contribution in [0.2, 0.25) is 0 Å². The van der Waals surface area contributed by atoms with Crippen molar-refractivity contribution in [3.8, 4) is 0 Å². The second-order valence-electron chi connectivity index (χ2n) is 6.13. The molecule has 0 bridgehead atoms. The Balaban J connectivity index is 1.93. The van der Waals surface area contributed by atoms with Crippen molar-refractivity contribution in [2.24, 2.45) is 5.73 Å². The van der Waals surface area contributed by atoms with Gasteiger partial charge in [0.25, 0.3) is 0 Å². The first-order chi connectivity index (χ1) is 9.70. The minimum atomic E-state index is 0.0644. The molecule has 2 aliphatic rings. The van der Waals surface area contributed by atoms with Gasteiger partial charge in [0.2, 0.25) is 5.91 Å². The number of aryl methyl sites for hydroxylation is 1. The molecule has 1 amide bonds. The molecule has 3 rings (SSSR count). The molecular weight excluding hydrogens is 248 g/mol. The topological polar surface area (TPSA) is 46.3 Å². The van der Waals surface area contributed by atoms with E-state index in [0.29, 0.717) is 18.4 Å². The first-order valence-electron chi connectivity index (χ1n) is 7.86. The SMILES string of the molecule is CCc1ccc(C2C(N)CCCC(=O)N2C2CC2)cc1. The third kappa shape index (κ3) is 2.59. The van der Waals surface area contributed by atoms with Gasteiger partial charge in [-0.25, -0.2) is 0 Å². The Morgan fingerprint density at radius 1 is 1.20 bits per heavy atom. The minimum absolute atomic E-state index is 0.0644. The van der Waals surface area contributed by atoms with Gasteiger partial charge in [0, 0.05) is 18.5 Å². The molecule has 1 aliphatic heterocycles. The number of hydrogen-bond donors (Lipinski definition) is 1. The van der Waals surface area contributed by atoms with Crippen LogP contribution >= 0.6 is 0 Å². The summed E-state index contributed by atoms with van der Waals surface area (Å²) in [5, 5.41) is 0. The van der Waals surface area contributed by atoms with Gasteiger partial charge < -0.3 is 10.6 Å². The van der Waals surface area contributed by atoms with Crippen LogP contribution in [0.25, 0.3) is 0 Å². The molecule has 2 fully saturated rings. The van der Waals surface area contributed by atoms with Crippen molar-refractivity contribution in [1.82, 2.24) is 4.90 Å². The van der Waals surface area contributed by atoms with Gasteiger partial charge in [-0.15, -0.1) is 0 Å². The molecule has 1 aromatic rings. The summed E-state index contributed by atoms with van der Waals surface area (Å²) in [6.45, 7) is 2.16. The van der Waals surface area contributed by atoms with Crippen LogP contribution in [-0.4, -0.2) is 22.9 Å². The van der Waals surface area contributed by atoms with Crippen molar-refractivity contribution in [3.63, 3.8) is 0 Å². The quantitative estimate of drug-likeness (QED) is 0.919. The zero-order valence-electron chi connectivity index (χ0n) is 12.2. The number of likely N-dealkylation sites (tertiary alicyclic amines) is 1. The monoisotopic (exact) mass is 272 g/mol. The molecule has 2 unspecified atom stereocenters. The number of nitrogens with zero attached hydrogens (tertiary/aromatic N) is 1. The molecule has 20 heavy (non-hydrogen) atoms. The van der Waals surface area contributed by atoms with E-state index in [1.807, 2.05) is 0 Å². The molecule has 2 N–H and O–H groups in total. The fraction of sp³-hybridized carbons (Fsp3) is 0.588. The van der Waals surface area contributed by atoms with Gasteiger partial charge in [0.05, 0.1) is 6.04 Å². The molecule has 1 aromatic carbocycles. The highest BCUT2D eigenvalue weighted by molar-refractivity contribution is 5.78. The number of nitrogens with two attached hydrogens (primary N) is 1. The van der Waals surface area contributed by atoms with Gasteiger partial charge >= 0.3 is 0 Å². The molecule has 2 atom stereocenters. The highest BCUT2D eigenvalue weighted by Gasteiger charge is 2.41. The smallest absolute Gasteiger partial charge is 0.223 e. The lowest BCUT2D eigenvalue weighted by Crippen LogP contribution is -2.43. The fourth-order valence-corrected chi connectivity index (χ4v) is 3.28. The maximum absolute atomic E-state index is 12.4. The summed E-state index contributed by atoms with van der Waals surface area (Å²) in [6, 6.07) is 9.24. The lowest BCUT2D eigenvalue weighted by atomic mass is 9.95. The van der Waals surface area contributed by atoms with Gasteiger partial charge in [-0.1, -0.05) is 31.2 Å². The Labute approximate surface area is 121 Å². The van der Waals surface area contributed by atoms with Crippen LogP contribution in [0, 0.1) is 0 Å². The van der Waals surface area contributed by atoms with Crippen LogP contribution in [0.3, 0.4) is 0 Å². The van der Waals surface area contributed by atoms with Crippen molar-refractivity contribution in [3.05, 3.63) is 35.4 Å². The number of hydrogen-bond acceptors (Lipinski definition) is 2. The number of amides is 1. The zero-order valence-corrected chi connectivity index (χ0v) is 12.2. The van der Waals surface area contributed by atoms with E-state index in [4.69, 9.17) is 5.73 Å². The average molecular weight is 272 g/mol. The average Bonchev–Trinajstić information content (AvgIpc) is 3.28. The molecular formula is C17H24N2O. The molecule has 0 radical (unpaired) electrons. The molecule has 108 valence electrons. The summed E-state index contributed by atoms with van der Waals surface area (Å²) in [7, 11) is 0. The number of rotatable bonds is 3. The van der Waals surface area contributed by atoms with Crippen LogP contribution in [0.5, 0.6) is 0 Å². The Hall–Kier alpha value is -1.35. The molecule has 3 heteroatoms. The van der Waals surface area contributed by atoms with Crippen molar-refractivity contribution in [2.45, 2.75) is 63.6 Å². The molecule has 0 aromatic heterocycles. The zero-order chi connectivity index (χ0) is 14.1. The summed E-state index contributed by atoms with van der Waals surface area (Å²) in [6.07, 6.45) is 5.85. The van der Waals surface area contributed by atoms with Crippen LogP contribution in [0.1, 0.15) is 56.2 Å². The predicted molar refractivity (Wildman–Crippen MR) is 80.3 cm³/mol. The normalized spacial score (nSPS) is 27.5. The second kappa shape index (κ2) is 5.57. The molecule has 3 nitrogen and oxygen atoms in total. The fourth-order valence-electron chi connectivity index (χ4n) is 3.28. The van der Waals surface area contributed by atoms with Crippen molar-refractivity contribution in [1.29, 1.82) is 0 Å². The van der Waals surface area contributed by atoms with Crippen LogP contribution < -0.4 is 5.73 Å². The Bertz CT molecular complexity index is 478. The van der Waals surface area contributed by atoms with Gasteiger partial charge in [-0.2, -0.15) is 0 Å². The van der Waals surface area contributed by atoms with E-state index in [0.717, 1.165) is 32.1 Å². The summed E-state index contributed by atoms with van der Waals surface area (Å²) >= 11 is 0. The maximum atomic E-state index is 12.4. The second-order valence-corrected chi connectivity index (χ2v) is 6.13. The van der Waals surface area contributed by atoms with Gasteiger partial charge in [0.15, 0.2) is 0 Å². The van der Waals surface area contributed by atoms with E-state index in [-0.39, 0.29) is 12.1 Å². The molecule has 0 spiro atoms. The highest BCUT2D eigenvalue weighted by atomic mass is 16.2. The number of carbonyl (C=O) groups excluding carboxylic acids is 1. The van der Waals surface area contributed by atoms with Gasteiger partial charge in [-0.05, 0) is 43.2 Å². The maximum Gasteiger partial charge on any atom is 0.223 e. The Kier molecular flexibility index (Phi) is 3.79. The van der Waals surface area contributed by atoms with E-state index < -0.39 is 0 Å². The van der Waals surface area contributed by atoms with E-state index in [1.54, 1.807) is 0 Å². The van der Waals surface area contributed by atoms with E-state index in [9.17, 15) is 4.79 Å². The molecule has 1 saturated carbocycles. The molecule has 1 aliphatic carbocycles. The van der Waals surface area contributed by atoms with E-state index in [1.165, 1.54) is 11.1 Å². The van der Waals surface area contributed by atoms with Gasteiger partial charge in [0.1, 0.15) is 0 Å². The largest absolute Gasteiger partial charge is 0.331 e. The van der Waals surface area contributed by atoms with E-state index in [2.05, 4.69) is 36.1 Å². The first-order valence-corrected chi connectivity index (χ1v) is 7.86. The summed E-state index contributed by atoms with van der Waals surface area (Å²) in [5.74, 6) is 0.296. The van der Waals surface area contributed by atoms with Crippen molar-refractivity contribution in [2.75, 3.05) is 0 Å². The predicted octanol–water partition coefficient (Wildman–Crippen LogP) is 2.79. The lowest BCUT2D eigenvalue weighted by Gasteiger charge is -2.34. The Morgan fingerprint density at radius 3 is 2.50 bits per heavy atom. The molecule has 1 heterocycles. The number of carbonyl (C=O) groups is 1. The Morgan fingerprint density at radius 2 is 1.90 bits per heavy atom. The van der Waals surface area contributed by atoms with Crippen molar-refractivity contribution < 1.29 is 4.79 Å².